The average Bonchev–Trinajstić information content (AvgIpc) is 2.95. The number of rotatable bonds is 5. The maximum absolute atomic E-state index is 12.0. The number of aliphatic hydroxyl groups excluding tert-OH is 1. The van der Waals surface area contributed by atoms with Crippen molar-refractivity contribution in [2.45, 2.75) is 19.3 Å². The Hall–Kier alpha value is -2.08. The van der Waals surface area contributed by atoms with E-state index >= 15 is 0 Å². The second-order valence-corrected chi connectivity index (χ2v) is 5.30. The second-order valence-electron chi connectivity index (χ2n) is 5.30. The number of aliphatic carboxylic acids is 1. The predicted molar refractivity (Wildman–Crippen MR) is 78.2 cm³/mol. The van der Waals surface area contributed by atoms with Gasteiger partial charge in [0.1, 0.15) is 0 Å². The third kappa shape index (κ3) is 4.46. The van der Waals surface area contributed by atoms with Crippen molar-refractivity contribution in [3.05, 3.63) is 29.8 Å². The molecule has 2 amide bonds. The van der Waals surface area contributed by atoms with Crippen LogP contribution in [0.25, 0.3) is 0 Å². The number of amides is 2. The number of anilines is 1. The molecule has 1 aromatic carbocycles. The fourth-order valence-electron chi connectivity index (χ4n) is 2.37. The van der Waals surface area contributed by atoms with Crippen LogP contribution >= 0.6 is 0 Å². The maximum atomic E-state index is 12.0. The van der Waals surface area contributed by atoms with E-state index in [0.717, 1.165) is 12.0 Å². The minimum absolute atomic E-state index is 0.0992. The molecule has 1 saturated heterocycles. The van der Waals surface area contributed by atoms with Gasteiger partial charge in [-0.1, -0.05) is 12.1 Å². The van der Waals surface area contributed by atoms with Crippen LogP contribution in [0.2, 0.25) is 0 Å². The lowest BCUT2D eigenvalue weighted by molar-refractivity contribution is -0.136. The molecule has 1 atom stereocenters. The molecule has 0 radical (unpaired) electrons. The van der Waals surface area contributed by atoms with Gasteiger partial charge >= 0.3 is 12.0 Å². The van der Waals surface area contributed by atoms with Crippen molar-refractivity contribution in [2.75, 3.05) is 25.0 Å². The van der Waals surface area contributed by atoms with E-state index in [9.17, 15) is 9.59 Å². The van der Waals surface area contributed by atoms with Crippen molar-refractivity contribution in [3.63, 3.8) is 0 Å². The standard InChI is InChI=1S/C15H20N2O4/c18-10-12-7-8-17(9-12)15(21)16-13-4-1-11(2-5-13)3-6-14(19)20/h1-2,4-5,12,18H,3,6-10H2,(H,16,21)(H,19,20). The van der Waals surface area contributed by atoms with Crippen LogP contribution in [-0.4, -0.2) is 46.8 Å². The van der Waals surface area contributed by atoms with Crippen LogP contribution in [0.5, 0.6) is 0 Å². The van der Waals surface area contributed by atoms with Crippen molar-refractivity contribution in [3.8, 4) is 0 Å². The number of nitrogens with zero attached hydrogens (tertiary/aromatic N) is 1. The summed E-state index contributed by atoms with van der Waals surface area (Å²) in [5.41, 5.74) is 1.61. The second kappa shape index (κ2) is 7.08. The molecule has 1 fully saturated rings. The van der Waals surface area contributed by atoms with Gasteiger partial charge in [-0.25, -0.2) is 4.79 Å². The molecule has 1 unspecified atom stereocenters. The van der Waals surface area contributed by atoms with Crippen molar-refractivity contribution in [2.24, 2.45) is 5.92 Å². The van der Waals surface area contributed by atoms with E-state index in [1.807, 2.05) is 12.1 Å². The molecule has 114 valence electrons. The fourth-order valence-corrected chi connectivity index (χ4v) is 2.37. The molecule has 3 N–H and O–H groups in total. The molecule has 6 nitrogen and oxygen atoms in total. The topological polar surface area (TPSA) is 89.9 Å². The molecule has 1 aliphatic heterocycles. The maximum Gasteiger partial charge on any atom is 0.321 e. The molecule has 1 aliphatic rings. The Labute approximate surface area is 123 Å². The Morgan fingerprint density at radius 1 is 1.29 bits per heavy atom. The molecule has 1 aromatic rings. The number of carboxylic acid groups (broad SMARTS) is 1. The van der Waals surface area contributed by atoms with Crippen LogP contribution in [0, 0.1) is 5.92 Å². The number of hydrogen-bond acceptors (Lipinski definition) is 3. The predicted octanol–water partition coefficient (Wildman–Crippen LogP) is 1.55. The normalized spacial score (nSPS) is 17.8. The zero-order chi connectivity index (χ0) is 15.2. The summed E-state index contributed by atoms with van der Waals surface area (Å²) in [5, 5.41) is 20.5. The summed E-state index contributed by atoms with van der Waals surface area (Å²) in [6, 6.07) is 7.02. The first-order chi connectivity index (χ1) is 10.1. The summed E-state index contributed by atoms with van der Waals surface area (Å²) in [6.07, 6.45) is 1.41. The van der Waals surface area contributed by atoms with Gasteiger partial charge in [0.15, 0.2) is 0 Å². The number of aliphatic hydroxyl groups is 1. The highest BCUT2D eigenvalue weighted by Gasteiger charge is 2.25. The van der Waals surface area contributed by atoms with Crippen LogP contribution in [0.4, 0.5) is 10.5 Å². The molecule has 0 bridgehead atoms. The number of aryl methyl sites for hydroxylation is 1. The van der Waals surface area contributed by atoms with Crippen LogP contribution in [0.3, 0.4) is 0 Å². The van der Waals surface area contributed by atoms with Crippen molar-refractivity contribution in [1.82, 2.24) is 4.90 Å². The van der Waals surface area contributed by atoms with Gasteiger partial charge in [0.05, 0.1) is 0 Å². The van der Waals surface area contributed by atoms with Crippen LogP contribution in [0.1, 0.15) is 18.4 Å². The zero-order valence-electron chi connectivity index (χ0n) is 11.8. The number of urea groups is 1. The number of carboxylic acids is 1. The molecule has 2 rings (SSSR count). The minimum Gasteiger partial charge on any atom is -0.481 e. The van der Waals surface area contributed by atoms with Gasteiger partial charge in [0, 0.05) is 37.7 Å². The highest BCUT2D eigenvalue weighted by Crippen LogP contribution is 2.17. The number of nitrogens with one attached hydrogen (secondary N) is 1. The van der Waals surface area contributed by atoms with Crippen LogP contribution in [0.15, 0.2) is 24.3 Å². The zero-order valence-corrected chi connectivity index (χ0v) is 11.8. The van der Waals surface area contributed by atoms with E-state index < -0.39 is 5.97 Å². The molecule has 6 heteroatoms. The summed E-state index contributed by atoms with van der Waals surface area (Å²) < 4.78 is 0. The van der Waals surface area contributed by atoms with E-state index in [1.165, 1.54) is 0 Å². The van der Waals surface area contributed by atoms with E-state index in [-0.39, 0.29) is 25.0 Å². The van der Waals surface area contributed by atoms with Crippen molar-refractivity contribution >= 4 is 17.7 Å². The van der Waals surface area contributed by atoms with Gasteiger partial charge in [-0.15, -0.1) is 0 Å². The average molecular weight is 292 g/mol. The van der Waals surface area contributed by atoms with Gasteiger partial charge in [-0.3, -0.25) is 4.79 Å². The molecule has 1 heterocycles. The smallest absolute Gasteiger partial charge is 0.321 e. The number of carbonyl (C=O) groups is 2. The minimum atomic E-state index is -0.820. The molecule has 0 aliphatic carbocycles. The SMILES string of the molecule is O=C(O)CCc1ccc(NC(=O)N2CCC(CO)C2)cc1. The highest BCUT2D eigenvalue weighted by atomic mass is 16.4. The first-order valence-corrected chi connectivity index (χ1v) is 7.06. The summed E-state index contributed by atoms with van der Waals surface area (Å²) in [5.74, 6) is -0.644. The summed E-state index contributed by atoms with van der Waals surface area (Å²) >= 11 is 0. The number of hydrogen-bond donors (Lipinski definition) is 3. The highest BCUT2D eigenvalue weighted by molar-refractivity contribution is 5.89. The Balaban J connectivity index is 1.85. The lowest BCUT2D eigenvalue weighted by Crippen LogP contribution is -2.33. The van der Waals surface area contributed by atoms with Crippen molar-refractivity contribution in [1.29, 1.82) is 0 Å². The molecule has 0 spiro atoms. The number of benzene rings is 1. The Bertz CT molecular complexity index is 501. The largest absolute Gasteiger partial charge is 0.481 e. The van der Waals surface area contributed by atoms with Gasteiger partial charge < -0.3 is 20.4 Å². The fraction of sp³-hybridized carbons (Fsp3) is 0.467. The molecule has 21 heavy (non-hydrogen) atoms. The Morgan fingerprint density at radius 3 is 2.57 bits per heavy atom. The molecular formula is C15H20N2O4. The number of carbonyl (C=O) groups excluding carboxylic acids is 1. The van der Waals surface area contributed by atoms with Crippen LogP contribution in [-0.2, 0) is 11.2 Å². The van der Waals surface area contributed by atoms with E-state index in [0.29, 0.717) is 25.2 Å². The van der Waals surface area contributed by atoms with Crippen molar-refractivity contribution < 1.29 is 19.8 Å². The van der Waals surface area contributed by atoms with E-state index in [4.69, 9.17) is 10.2 Å². The Morgan fingerprint density at radius 2 is 2.00 bits per heavy atom. The quantitative estimate of drug-likeness (QED) is 0.768. The summed E-state index contributed by atoms with van der Waals surface area (Å²) in [4.78, 5) is 24.2. The van der Waals surface area contributed by atoms with Gasteiger partial charge in [0.2, 0.25) is 0 Å². The van der Waals surface area contributed by atoms with Gasteiger partial charge in [0.25, 0.3) is 0 Å². The van der Waals surface area contributed by atoms with Crippen LogP contribution < -0.4 is 5.32 Å². The monoisotopic (exact) mass is 292 g/mol. The third-order valence-corrected chi connectivity index (χ3v) is 3.66. The van der Waals surface area contributed by atoms with Gasteiger partial charge in [-0.2, -0.15) is 0 Å². The molecule has 0 saturated carbocycles. The first-order valence-electron chi connectivity index (χ1n) is 7.06. The molecule has 0 aromatic heterocycles. The third-order valence-electron chi connectivity index (χ3n) is 3.66. The lowest BCUT2D eigenvalue weighted by Gasteiger charge is -2.17. The van der Waals surface area contributed by atoms with Gasteiger partial charge in [-0.05, 0) is 30.5 Å². The van der Waals surface area contributed by atoms with E-state index in [1.54, 1.807) is 17.0 Å². The Kier molecular flexibility index (Phi) is 5.16. The summed E-state index contributed by atoms with van der Waals surface area (Å²) in [6.45, 7) is 1.36. The first kappa shape index (κ1) is 15.3. The van der Waals surface area contributed by atoms with E-state index in [2.05, 4.69) is 5.32 Å². The summed E-state index contributed by atoms with van der Waals surface area (Å²) in [7, 11) is 0. The number of likely N-dealkylation sites (tertiary alicyclic amines) is 1. The lowest BCUT2D eigenvalue weighted by atomic mass is 10.1. The molecular weight excluding hydrogens is 272 g/mol.